The summed E-state index contributed by atoms with van der Waals surface area (Å²) in [7, 11) is 0. The van der Waals surface area contributed by atoms with Crippen molar-refractivity contribution in [3.8, 4) is 0 Å². The predicted octanol–water partition coefficient (Wildman–Crippen LogP) is 1.27. The lowest BCUT2D eigenvalue weighted by Gasteiger charge is -2.22. The summed E-state index contributed by atoms with van der Waals surface area (Å²) in [5.41, 5.74) is 6.42. The first-order valence-corrected chi connectivity index (χ1v) is 6.41. The first kappa shape index (κ1) is 13.5. The summed E-state index contributed by atoms with van der Waals surface area (Å²) in [5, 5.41) is 11.6. The van der Waals surface area contributed by atoms with Crippen molar-refractivity contribution in [2.45, 2.75) is 37.8 Å². The Labute approximate surface area is 111 Å². The average molecular weight is 262 g/mol. The number of carboxylic acid groups (broad SMARTS) is 1. The first-order valence-electron chi connectivity index (χ1n) is 6.41. The topological polar surface area (TPSA) is 92.4 Å². The van der Waals surface area contributed by atoms with Crippen LogP contribution in [0.3, 0.4) is 0 Å². The van der Waals surface area contributed by atoms with E-state index in [1.165, 1.54) is 12.1 Å². The molecule has 1 aromatic carbocycles. The smallest absolute Gasteiger partial charge is 0.335 e. The van der Waals surface area contributed by atoms with Gasteiger partial charge in [0.15, 0.2) is 0 Å². The lowest BCUT2D eigenvalue weighted by atomic mass is 9.98. The van der Waals surface area contributed by atoms with E-state index in [2.05, 4.69) is 5.32 Å². The van der Waals surface area contributed by atoms with Gasteiger partial charge in [-0.15, -0.1) is 0 Å². The van der Waals surface area contributed by atoms with E-state index in [-0.39, 0.29) is 11.5 Å². The molecule has 0 bridgehead atoms. The Hall–Kier alpha value is -1.88. The summed E-state index contributed by atoms with van der Waals surface area (Å²) in [4.78, 5) is 22.7. The molecule has 0 spiro atoms. The van der Waals surface area contributed by atoms with Crippen LogP contribution in [-0.2, 0) is 11.3 Å². The van der Waals surface area contributed by atoms with Crippen LogP contribution in [0.15, 0.2) is 24.3 Å². The number of nitrogens with two attached hydrogens (primary N) is 1. The molecule has 102 valence electrons. The number of nitrogens with one attached hydrogen (secondary N) is 1. The van der Waals surface area contributed by atoms with E-state index in [0.29, 0.717) is 6.54 Å². The van der Waals surface area contributed by atoms with Crippen molar-refractivity contribution in [3.63, 3.8) is 0 Å². The van der Waals surface area contributed by atoms with Gasteiger partial charge in [-0.05, 0) is 30.5 Å². The number of carboxylic acids is 1. The van der Waals surface area contributed by atoms with Gasteiger partial charge in [-0.2, -0.15) is 0 Å². The molecular weight excluding hydrogens is 244 g/mol. The molecular formula is C14H18N2O3. The second-order valence-corrected chi connectivity index (χ2v) is 5.05. The lowest BCUT2D eigenvalue weighted by molar-refractivity contribution is -0.126. The third-order valence-electron chi connectivity index (χ3n) is 3.60. The minimum atomic E-state index is -0.956. The fourth-order valence-electron chi connectivity index (χ4n) is 2.36. The molecule has 1 aliphatic carbocycles. The van der Waals surface area contributed by atoms with E-state index in [0.717, 1.165) is 31.2 Å². The first-order chi connectivity index (χ1) is 9.01. The number of carbonyl (C=O) groups is 2. The molecule has 0 unspecified atom stereocenters. The van der Waals surface area contributed by atoms with Crippen molar-refractivity contribution in [1.82, 2.24) is 5.32 Å². The Morgan fingerprint density at radius 3 is 2.32 bits per heavy atom. The molecule has 1 amide bonds. The van der Waals surface area contributed by atoms with E-state index in [4.69, 9.17) is 10.8 Å². The van der Waals surface area contributed by atoms with Gasteiger partial charge in [0, 0.05) is 6.54 Å². The van der Waals surface area contributed by atoms with Crippen molar-refractivity contribution in [1.29, 1.82) is 0 Å². The van der Waals surface area contributed by atoms with Crippen LogP contribution in [0, 0.1) is 0 Å². The van der Waals surface area contributed by atoms with Gasteiger partial charge >= 0.3 is 5.97 Å². The SMILES string of the molecule is NC1(C(=O)NCc2ccc(C(=O)O)cc2)CCCC1. The fraction of sp³-hybridized carbons (Fsp3) is 0.429. The van der Waals surface area contributed by atoms with Crippen LogP contribution < -0.4 is 11.1 Å². The largest absolute Gasteiger partial charge is 0.478 e. The highest BCUT2D eigenvalue weighted by Crippen LogP contribution is 2.27. The number of hydrogen-bond acceptors (Lipinski definition) is 3. The zero-order valence-electron chi connectivity index (χ0n) is 10.7. The molecule has 0 saturated heterocycles. The van der Waals surface area contributed by atoms with Crippen LogP contribution in [0.2, 0.25) is 0 Å². The Balaban J connectivity index is 1.91. The lowest BCUT2D eigenvalue weighted by Crippen LogP contribution is -2.51. The molecule has 5 nitrogen and oxygen atoms in total. The van der Waals surface area contributed by atoms with E-state index >= 15 is 0 Å². The molecule has 1 aromatic rings. The van der Waals surface area contributed by atoms with Crippen LogP contribution in [0.5, 0.6) is 0 Å². The van der Waals surface area contributed by atoms with Crippen molar-refractivity contribution in [2.24, 2.45) is 5.73 Å². The zero-order chi connectivity index (χ0) is 13.9. The molecule has 4 N–H and O–H groups in total. The number of amides is 1. The number of carbonyl (C=O) groups excluding carboxylic acids is 1. The molecule has 1 fully saturated rings. The van der Waals surface area contributed by atoms with E-state index in [9.17, 15) is 9.59 Å². The van der Waals surface area contributed by atoms with Crippen molar-refractivity contribution in [3.05, 3.63) is 35.4 Å². The van der Waals surface area contributed by atoms with Crippen molar-refractivity contribution >= 4 is 11.9 Å². The zero-order valence-corrected chi connectivity index (χ0v) is 10.7. The molecule has 0 aliphatic heterocycles. The fourth-order valence-corrected chi connectivity index (χ4v) is 2.36. The molecule has 5 heteroatoms. The summed E-state index contributed by atoms with van der Waals surface area (Å²) < 4.78 is 0. The van der Waals surface area contributed by atoms with Crippen LogP contribution in [0.4, 0.5) is 0 Å². The molecule has 2 rings (SSSR count). The highest BCUT2D eigenvalue weighted by atomic mass is 16.4. The Bertz CT molecular complexity index is 476. The average Bonchev–Trinajstić information content (AvgIpc) is 2.84. The summed E-state index contributed by atoms with van der Waals surface area (Å²) in [5.74, 6) is -1.07. The second-order valence-electron chi connectivity index (χ2n) is 5.05. The summed E-state index contributed by atoms with van der Waals surface area (Å²) in [6.07, 6.45) is 3.46. The standard InChI is InChI=1S/C14H18N2O3/c15-14(7-1-2-8-14)13(19)16-9-10-3-5-11(6-4-10)12(17)18/h3-6H,1-2,7-9,15H2,(H,16,19)(H,17,18). The van der Waals surface area contributed by atoms with Gasteiger partial charge in [0.1, 0.15) is 0 Å². The van der Waals surface area contributed by atoms with Gasteiger partial charge < -0.3 is 16.2 Å². The Kier molecular flexibility index (Phi) is 3.85. The van der Waals surface area contributed by atoms with Crippen LogP contribution >= 0.6 is 0 Å². The molecule has 1 aliphatic rings. The quantitative estimate of drug-likeness (QED) is 0.762. The Morgan fingerprint density at radius 1 is 1.21 bits per heavy atom. The second kappa shape index (κ2) is 5.40. The normalized spacial score (nSPS) is 17.1. The maximum atomic E-state index is 12.0. The predicted molar refractivity (Wildman–Crippen MR) is 70.6 cm³/mol. The Morgan fingerprint density at radius 2 is 1.79 bits per heavy atom. The summed E-state index contributed by atoms with van der Waals surface area (Å²) in [6.45, 7) is 0.373. The maximum absolute atomic E-state index is 12.0. The molecule has 19 heavy (non-hydrogen) atoms. The minimum absolute atomic E-state index is 0.118. The van der Waals surface area contributed by atoms with Crippen LogP contribution in [-0.4, -0.2) is 22.5 Å². The van der Waals surface area contributed by atoms with Crippen LogP contribution in [0.1, 0.15) is 41.6 Å². The summed E-state index contributed by atoms with van der Waals surface area (Å²) in [6, 6.07) is 6.44. The number of aromatic carboxylic acids is 1. The third-order valence-corrected chi connectivity index (χ3v) is 3.60. The number of hydrogen-bond donors (Lipinski definition) is 3. The third kappa shape index (κ3) is 3.12. The molecule has 1 saturated carbocycles. The monoisotopic (exact) mass is 262 g/mol. The number of benzene rings is 1. The van der Waals surface area contributed by atoms with Gasteiger partial charge in [-0.3, -0.25) is 4.79 Å². The van der Waals surface area contributed by atoms with E-state index in [1.807, 2.05) is 0 Å². The van der Waals surface area contributed by atoms with Gasteiger partial charge in [0.05, 0.1) is 11.1 Å². The van der Waals surface area contributed by atoms with Crippen LogP contribution in [0.25, 0.3) is 0 Å². The van der Waals surface area contributed by atoms with Gasteiger partial charge in [-0.1, -0.05) is 25.0 Å². The van der Waals surface area contributed by atoms with Gasteiger partial charge in [0.2, 0.25) is 5.91 Å². The molecule has 0 atom stereocenters. The molecule has 0 aromatic heterocycles. The number of rotatable bonds is 4. The van der Waals surface area contributed by atoms with E-state index < -0.39 is 11.5 Å². The highest BCUT2D eigenvalue weighted by Gasteiger charge is 2.36. The van der Waals surface area contributed by atoms with Gasteiger partial charge in [0.25, 0.3) is 0 Å². The highest BCUT2D eigenvalue weighted by molar-refractivity contribution is 5.88. The maximum Gasteiger partial charge on any atom is 0.335 e. The van der Waals surface area contributed by atoms with E-state index in [1.54, 1.807) is 12.1 Å². The van der Waals surface area contributed by atoms with Crippen molar-refractivity contribution < 1.29 is 14.7 Å². The molecule has 0 heterocycles. The molecule has 0 radical (unpaired) electrons. The summed E-state index contributed by atoms with van der Waals surface area (Å²) >= 11 is 0. The van der Waals surface area contributed by atoms with Crippen molar-refractivity contribution in [2.75, 3.05) is 0 Å². The van der Waals surface area contributed by atoms with Gasteiger partial charge in [-0.25, -0.2) is 4.79 Å². The minimum Gasteiger partial charge on any atom is -0.478 e.